The highest BCUT2D eigenvalue weighted by atomic mass is 32.1. The van der Waals surface area contributed by atoms with Crippen LogP contribution in [0.25, 0.3) is 0 Å². The number of carbonyl (C=O) groups excluding carboxylic acids is 1. The van der Waals surface area contributed by atoms with Gasteiger partial charge in [-0.3, -0.25) is 4.79 Å². The van der Waals surface area contributed by atoms with Crippen molar-refractivity contribution in [3.05, 3.63) is 49.6 Å². The number of aliphatic hydroxyl groups is 1. The lowest BCUT2D eigenvalue weighted by Gasteiger charge is -2.30. The van der Waals surface area contributed by atoms with Gasteiger partial charge in [-0.1, -0.05) is 44.2 Å². The Morgan fingerprint density at radius 3 is 2.08 bits per heavy atom. The molecule has 0 amide bonds. The van der Waals surface area contributed by atoms with Gasteiger partial charge in [0.1, 0.15) is 0 Å². The first-order valence-corrected chi connectivity index (χ1v) is 8.27. The topological polar surface area (TPSA) is 37.3 Å². The summed E-state index contributed by atoms with van der Waals surface area (Å²) in [4.78, 5) is 11.4. The molecule has 0 saturated heterocycles. The molecule has 24 heavy (non-hydrogen) atoms. The molecule has 0 aliphatic heterocycles. The van der Waals surface area contributed by atoms with Gasteiger partial charge in [-0.05, 0) is 44.6 Å². The Kier molecular flexibility index (Phi) is 12.5. The number of rotatable bonds is 6. The molecule has 138 valence electrons. The van der Waals surface area contributed by atoms with Gasteiger partial charge in [-0.15, -0.1) is 13.2 Å². The Labute approximate surface area is 161 Å². The van der Waals surface area contributed by atoms with Crippen molar-refractivity contribution < 1.29 is 9.90 Å². The second kappa shape index (κ2) is 11.8. The van der Waals surface area contributed by atoms with Crippen LogP contribution in [0, 0.1) is 10.8 Å². The fourth-order valence-corrected chi connectivity index (χ4v) is 3.34. The van der Waals surface area contributed by atoms with Crippen molar-refractivity contribution in [3.8, 4) is 0 Å². The molecule has 0 spiro atoms. The first kappa shape index (κ1) is 25.5. The number of ketones is 1. The molecule has 0 aromatic heterocycles. The van der Waals surface area contributed by atoms with Crippen molar-refractivity contribution in [1.29, 1.82) is 0 Å². The molecule has 2 rings (SSSR count). The Bertz CT molecular complexity index is 470. The van der Waals surface area contributed by atoms with Crippen LogP contribution >= 0.6 is 27.0 Å². The van der Waals surface area contributed by atoms with E-state index in [0.717, 1.165) is 38.5 Å². The summed E-state index contributed by atoms with van der Waals surface area (Å²) in [7, 11) is 0. The summed E-state index contributed by atoms with van der Waals surface area (Å²) in [5, 5.41) is 9.64. The highest BCUT2D eigenvalue weighted by Gasteiger charge is 2.36. The van der Waals surface area contributed by atoms with E-state index in [4.69, 9.17) is 0 Å². The monoisotopic (exact) mass is 370 g/mol. The maximum absolute atomic E-state index is 11.4. The molecular weight excluding hydrogens is 336 g/mol. The van der Waals surface area contributed by atoms with E-state index in [1.165, 1.54) is 0 Å². The van der Waals surface area contributed by atoms with Crippen LogP contribution in [0.3, 0.4) is 0 Å². The Balaban J connectivity index is 0. The predicted molar refractivity (Wildman–Crippen MR) is 114 cm³/mol. The molecule has 4 heteroatoms. The minimum Gasteiger partial charge on any atom is -0.388 e. The summed E-state index contributed by atoms with van der Waals surface area (Å²) in [6.45, 7) is 11.6. The quantitative estimate of drug-likeness (QED) is 0.669. The second-order valence-electron chi connectivity index (χ2n) is 6.38. The summed E-state index contributed by atoms with van der Waals surface area (Å²) >= 11 is 0. The maximum Gasteiger partial charge on any atom is 0.162 e. The van der Waals surface area contributed by atoms with E-state index < -0.39 is 0 Å². The van der Waals surface area contributed by atoms with Crippen LogP contribution < -0.4 is 0 Å². The third kappa shape index (κ3) is 5.68. The van der Waals surface area contributed by atoms with Gasteiger partial charge >= 0.3 is 0 Å². The fraction of sp³-hybridized carbons (Fsp3) is 0.550. The summed E-state index contributed by atoms with van der Waals surface area (Å²) in [5.41, 5.74) is -0.0521. The molecule has 0 radical (unpaired) electrons. The van der Waals surface area contributed by atoms with Crippen molar-refractivity contribution in [3.63, 3.8) is 0 Å². The zero-order valence-electron chi connectivity index (χ0n) is 15.1. The summed E-state index contributed by atoms with van der Waals surface area (Å²) in [6, 6.07) is 0. The van der Waals surface area contributed by atoms with Crippen molar-refractivity contribution >= 4 is 32.8 Å². The number of carbonyl (C=O) groups is 1. The van der Waals surface area contributed by atoms with Crippen molar-refractivity contribution in [2.24, 2.45) is 10.8 Å². The molecule has 2 aliphatic carbocycles. The molecule has 0 aromatic rings. The number of hydrogen-bond donors (Lipinski definition) is 1. The fourth-order valence-electron chi connectivity index (χ4n) is 3.34. The van der Waals surface area contributed by atoms with Gasteiger partial charge in [0.2, 0.25) is 0 Å². The smallest absolute Gasteiger partial charge is 0.162 e. The Morgan fingerprint density at radius 2 is 1.75 bits per heavy atom. The summed E-state index contributed by atoms with van der Waals surface area (Å²) < 4.78 is 0. The Hall–Kier alpha value is -0.710. The lowest BCUT2D eigenvalue weighted by atomic mass is 9.78. The maximum atomic E-state index is 11.4. The van der Waals surface area contributed by atoms with E-state index >= 15 is 0 Å². The van der Waals surface area contributed by atoms with Gasteiger partial charge in [0.25, 0.3) is 0 Å². The van der Waals surface area contributed by atoms with Crippen molar-refractivity contribution in [2.45, 2.75) is 58.5 Å². The van der Waals surface area contributed by atoms with E-state index in [0.29, 0.717) is 0 Å². The minimum absolute atomic E-state index is 0. The lowest BCUT2D eigenvalue weighted by molar-refractivity contribution is -0.122. The normalized spacial score (nSPS) is 30.0. The largest absolute Gasteiger partial charge is 0.388 e. The zero-order chi connectivity index (χ0) is 16.6. The van der Waals surface area contributed by atoms with Gasteiger partial charge in [-0.25, -0.2) is 0 Å². The van der Waals surface area contributed by atoms with Gasteiger partial charge in [0.15, 0.2) is 5.78 Å². The van der Waals surface area contributed by atoms with Gasteiger partial charge in [-0.2, -0.15) is 27.0 Å². The van der Waals surface area contributed by atoms with Crippen LogP contribution in [0.15, 0.2) is 49.6 Å². The van der Waals surface area contributed by atoms with E-state index in [1.807, 2.05) is 24.3 Å². The third-order valence-electron chi connectivity index (χ3n) is 5.24. The van der Waals surface area contributed by atoms with E-state index in [2.05, 4.69) is 33.1 Å². The molecule has 2 nitrogen and oxygen atoms in total. The molecule has 3 atom stereocenters. The molecule has 0 saturated carbocycles. The number of aliphatic hydroxyl groups excluding tert-OH is 1. The number of allylic oxidation sites excluding steroid dienone is 5. The van der Waals surface area contributed by atoms with Gasteiger partial charge < -0.3 is 5.11 Å². The highest BCUT2D eigenvalue weighted by molar-refractivity contribution is 7.59. The molecule has 0 aromatic carbocycles. The van der Waals surface area contributed by atoms with Crippen molar-refractivity contribution in [2.75, 3.05) is 0 Å². The minimum atomic E-state index is -0.259. The molecule has 0 fully saturated rings. The summed E-state index contributed by atoms with van der Waals surface area (Å²) in [6.07, 6.45) is 16.7. The standard InChI is InChI=1S/C10H16O.C10H14O.2H2S/c2*1-3-7-10(4-2)8-5-6-9(10)11;;/h3,5-6,9,11H,1,4,7-8H2,2H3;3,5-6H,1,4,7-8H2,2H3;2*1H2/t9-,10-;10-;;/m00../s1. The average molecular weight is 371 g/mol. The van der Waals surface area contributed by atoms with Crippen LogP contribution in [-0.4, -0.2) is 17.0 Å². The number of hydrogen-bond acceptors (Lipinski definition) is 2. The molecule has 0 bridgehead atoms. The van der Waals surface area contributed by atoms with E-state index in [1.54, 1.807) is 6.08 Å². The molecular formula is C20H34O2S2. The second-order valence-corrected chi connectivity index (χ2v) is 6.38. The van der Waals surface area contributed by atoms with Crippen LogP contribution in [0.1, 0.15) is 52.4 Å². The first-order valence-electron chi connectivity index (χ1n) is 8.27. The first-order chi connectivity index (χ1) is 10.5. The third-order valence-corrected chi connectivity index (χ3v) is 5.24. The molecule has 2 aliphatic rings. The van der Waals surface area contributed by atoms with Crippen LogP contribution in [-0.2, 0) is 4.79 Å². The highest BCUT2D eigenvalue weighted by Crippen LogP contribution is 2.40. The van der Waals surface area contributed by atoms with Gasteiger partial charge in [0, 0.05) is 10.8 Å². The lowest BCUT2D eigenvalue weighted by Crippen LogP contribution is -2.28. The van der Waals surface area contributed by atoms with Crippen LogP contribution in [0.4, 0.5) is 0 Å². The van der Waals surface area contributed by atoms with Crippen molar-refractivity contribution in [1.82, 2.24) is 0 Å². The SMILES string of the molecule is C=CC[C@@]1(CC)CC=CC1=O.C=CC[C@@]1(CC)CC=C[C@@H]1O.S.S. The molecule has 0 heterocycles. The molecule has 1 N–H and O–H groups in total. The van der Waals surface area contributed by atoms with Crippen LogP contribution in [0.2, 0.25) is 0 Å². The van der Waals surface area contributed by atoms with Gasteiger partial charge in [0.05, 0.1) is 6.10 Å². The molecule has 0 unspecified atom stereocenters. The zero-order valence-corrected chi connectivity index (χ0v) is 17.1. The summed E-state index contributed by atoms with van der Waals surface area (Å²) in [5.74, 6) is 0.278. The average Bonchev–Trinajstić information content (AvgIpc) is 3.06. The van der Waals surface area contributed by atoms with E-state index in [9.17, 15) is 9.90 Å². The van der Waals surface area contributed by atoms with Crippen LogP contribution in [0.5, 0.6) is 0 Å². The Morgan fingerprint density at radius 1 is 1.12 bits per heavy atom. The van der Waals surface area contributed by atoms with E-state index in [-0.39, 0.29) is 49.7 Å². The predicted octanol–water partition coefficient (Wildman–Crippen LogP) is 4.99.